The first-order chi connectivity index (χ1) is 10.7. The Morgan fingerprint density at radius 2 is 2.27 bits per heavy atom. The molecular weight excluding hydrogens is 304 g/mol. The number of hydrogen-bond acceptors (Lipinski definition) is 5. The Kier molecular flexibility index (Phi) is 4.38. The molecule has 2 aromatic heterocycles. The van der Waals surface area contributed by atoms with Crippen LogP contribution >= 0.6 is 11.3 Å². The highest BCUT2D eigenvalue weighted by molar-refractivity contribution is 7.14. The van der Waals surface area contributed by atoms with Crippen molar-refractivity contribution in [2.24, 2.45) is 5.92 Å². The van der Waals surface area contributed by atoms with Gasteiger partial charge in [0.15, 0.2) is 5.82 Å². The van der Waals surface area contributed by atoms with Gasteiger partial charge >= 0.3 is 6.03 Å². The van der Waals surface area contributed by atoms with Crippen LogP contribution in [0.1, 0.15) is 12.8 Å². The van der Waals surface area contributed by atoms with E-state index in [0.717, 1.165) is 17.8 Å². The number of carbonyl (C=O) groups excluding carboxylic acids is 2. The van der Waals surface area contributed by atoms with Gasteiger partial charge in [0, 0.05) is 19.2 Å². The summed E-state index contributed by atoms with van der Waals surface area (Å²) >= 11 is 1.47. The third-order valence-corrected chi connectivity index (χ3v) is 4.31. The Labute approximate surface area is 131 Å². The van der Waals surface area contributed by atoms with E-state index in [-0.39, 0.29) is 17.9 Å². The van der Waals surface area contributed by atoms with Crippen molar-refractivity contribution in [3.05, 3.63) is 29.8 Å². The molecule has 2 N–H and O–H groups in total. The summed E-state index contributed by atoms with van der Waals surface area (Å²) in [5.41, 5.74) is 0. The van der Waals surface area contributed by atoms with Gasteiger partial charge in [-0.3, -0.25) is 10.1 Å². The van der Waals surface area contributed by atoms with Crippen molar-refractivity contribution < 1.29 is 14.1 Å². The molecule has 0 bridgehead atoms. The summed E-state index contributed by atoms with van der Waals surface area (Å²) in [6.07, 6.45) is 2.96. The summed E-state index contributed by atoms with van der Waals surface area (Å²) in [4.78, 5) is 26.1. The molecule has 3 amide bonds. The van der Waals surface area contributed by atoms with E-state index < -0.39 is 0 Å². The summed E-state index contributed by atoms with van der Waals surface area (Å²) < 4.78 is 4.68. The molecule has 8 heteroatoms. The summed E-state index contributed by atoms with van der Waals surface area (Å²) in [7, 11) is 0. The molecule has 0 aliphatic carbocycles. The van der Waals surface area contributed by atoms with Crippen molar-refractivity contribution >= 4 is 34.1 Å². The van der Waals surface area contributed by atoms with E-state index in [9.17, 15) is 9.59 Å². The highest BCUT2D eigenvalue weighted by atomic mass is 32.1. The standard InChI is InChI=1S/C14H16N4O3S/c19-13(15-11-5-7-21-17-11)10-3-1-6-18(9-10)14(20)16-12-4-2-8-22-12/h2,4-5,7-8,10H,1,3,6,9H2,(H,16,20)(H,15,17,19). The van der Waals surface area contributed by atoms with Crippen LogP contribution < -0.4 is 10.6 Å². The van der Waals surface area contributed by atoms with Gasteiger partial charge in [-0.1, -0.05) is 5.16 Å². The third-order valence-electron chi connectivity index (χ3n) is 3.52. The summed E-state index contributed by atoms with van der Waals surface area (Å²) in [5.74, 6) is 0.0206. The number of hydrogen-bond donors (Lipinski definition) is 2. The summed E-state index contributed by atoms with van der Waals surface area (Å²) in [6, 6.07) is 5.15. The fourth-order valence-corrected chi connectivity index (χ4v) is 3.02. The van der Waals surface area contributed by atoms with Crippen LogP contribution in [-0.2, 0) is 4.79 Å². The lowest BCUT2D eigenvalue weighted by Gasteiger charge is -2.31. The minimum Gasteiger partial charge on any atom is -0.363 e. The lowest BCUT2D eigenvalue weighted by Crippen LogP contribution is -2.45. The lowest BCUT2D eigenvalue weighted by atomic mass is 9.97. The van der Waals surface area contributed by atoms with Gasteiger partial charge in [-0.15, -0.1) is 11.3 Å². The molecule has 1 fully saturated rings. The monoisotopic (exact) mass is 320 g/mol. The second-order valence-corrected chi connectivity index (χ2v) is 6.01. The van der Waals surface area contributed by atoms with Crippen molar-refractivity contribution in [3.8, 4) is 0 Å². The summed E-state index contributed by atoms with van der Waals surface area (Å²) in [5, 5.41) is 11.9. The third kappa shape index (κ3) is 3.45. The zero-order chi connectivity index (χ0) is 15.4. The zero-order valence-corrected chi connectivity index (χ0v) is 12.6. The molecule has 2 aromatic rings. The molecule has 0 aromatic carbocycles. The van der Waals surface area contributed by atoms with E-state index in [1.165, 1.54) is 17.6 Å². The van der Waals surface area contributed by atoms with Crippen molar-refractivity contribution in [2.75, 3.05) is 23.7 Å². The van der Waals surface area contributed by atoms with Crippen molar-refractivity contribution in [1.29, 1.82) is 0 Å². The van der Waals surface area contributed by atoms with Gasteiger partial charge in [0.25, 0.3) is 0 Å². The molecule has 0 saturated carbocycles. The number of carbonyl (C=O) groups is 2. The van der Waals surface area contributed by atoms with E-state index in [1.807, 2.05) is 17.5 Å². The quantitative estimate of drug-likeness (QED) is 0.910. The number of aromatic nitrogens is 1. The van der Waals surface area contributed by atoms with Gasteiger partial charge in [0.1, 0.15) is 6.26 Å². The maximum absolute atomic E-state index is 12.2. The molecular formula is C14H16N4O3S. The van der Waals surface area contributed by atoms with Gasteiger partial charge < -0.3 is 14.7 Å². The maximum atomic E-state index is 12.2. The number of amides is 3. The Morgan fingerprint density at radius 3 is 3.00 bits per heavy atom. The number of piperidine rings is 1. The molecule has 1 saturated heterocycles. The van der Waals surface area contributed by atoms with Crippen molar-refractivity contribution in [2.45, 2.75) is 12.8 Å². The van der Waals surface area contributed by atoms with E-state index in [2.05, 4.69) is 20.3 Å². The van der Waals surface area contributed by atoms with Gasteiger partial charge in [-0.25, -0.2) is 4.79 Å². The fraction of sp³-hybridized carbons (Fsp3) is 0.357. The van der Waals surface area contributed by atoms with Crippen LogP contribution in [-0.4, -0.2) is 35.1 Å². The second kappa shape index (κ2) is 6.61. The smallest absolute Gasteiger partial charge is 0.322 e. The topological polar surface area (TPSA) is 87.5 Å². The van der Waals surface area contributed by atoms with Gasteiger partial charge in [-0.05, 0) is 30.4 Å². The zero-order valence-electron chi connectivity index (χ0n) is 11.8. The maximum Gasteiger partial charge on any atom is 0.322 e. The molecule has 116 valence electrons. The average Bonchev–Trinajstić information content (AvgIpc) is 3.21. The van der Waals surface area contributed by atoms with E-state index in [4.69, 9.17) is 0 Å². The normalized spacial score (nSPS) is 18.0. The number of likely N-dealkylation sites (tertiary alicyclic amines) is 1. The summed E-state index contributed by atoms with van der Waals surface area (Å²) in [6.45, 7) is 1.06. The molecule has 22 heavy (non-hydrogen) atoms. The van der Waals surface area contributed by atoms with Crippen molar-refractivity contribution in [1.82, 2.24) is 10.1 Å². The van der Waals surface area contributed by atoms with Crippen LogP contribution in [0.15, 0.2) is 34.4 Å². The molecule has 3 heterocycles. The Morgan fingerprint density at radius 1 is 1.36 bits per heavy atom. The predicted molar refractivity (Wildman–Crippen MR) is 82.8 cm³/mol. The number of nitrogens with zero attached hydrogens (tertiary/aromatic N) is 2. The van der Waals surface area contributed by atoms with Crippen LogP contribution in [0.4, 0.5) is 15.6 Å². The van der Waals surface area contributed by atoms with Crippen molar-refractivity contribution in [3.63, 3.8) is 0 Å². The molecule has 1 aliphatic heterocycles. The SMILES string of the molecule is O=C(Nc1ccon1)C1CCCN(C(=O)Nc2cccs2)C1. The van der Waals surface area contributed by atoms with Gasteiger partial charge in [0.05, 0.1) is 10.9 Å². The van der Waals surface area contributed by atoms with Crippen LogP contribution in [0.3, 0.4) is 0 Å². The lowest BCUT2D eigenvalue weighted by molar-refractivity contribution is -0.121. The Balaban J connectivity index is 1.56. The minimum atomic E-state index is -0.237. The number of urea groups is 1. The molecule has 1 atom stereocenters. The Hall–Kier alpha value is -2.35. The molecule has 0 spiro atoms. The van der Waals surface area contributed by atoms with Crippen LogP contribution in [0.5, 0.6) is 0 Å². The highest BCUT2D eigenvalue weighted by Gasteiger charge is 2.28. The number of nitrogens with one attached hydrogen (secondary N) is 2. The number of anilines is 2. The molecule has 3 rings (SSSR count). The Bertz CT molecular complexity index is 572. The molecule has 0 radical (unpaired) electrons. The van der Waals surface area contributed by atoms with Gasteiger partial charge in [0.2, 0.25) is 5.91 Å². The molecule has 7 nitrogen and oxygen atoms in total. The highest BCUT2D eigenvalue weighted by Crippen LogP contribution is 2.21. The van der Waals surface area contributed by atoms with Crippen LogP contribution in [0.25, 0.3) is 0 Å². The van der Waals surface area contributed by atoms with E-state index >= 15 is 0 Å². The minimum absolute atomic E-state index is 0.137. The first-order valence-corrected chi connectivity index (χ1v) is 7.91. The number of thiophene rings is 1. The fourth-order valence-electron chi connectivity index (χ4n) is 2.42. The predicted octanol–water partition coefficient (Wildman–Crippen LogP) is 2.62. The van der Waals surface area contributed by atoms with Crippen LogP contribution in [0, 0.1) is 5.92 Å². The molecule has 1 aliphatic rings. The van der Waals surface area contributed by atoms with E-state index in [0.29, 0.717) is 18.9 Å². The first kappa shape index (κ1) is 14.6. The largest absolute Gasteiger partial charge is 0.363 e. The second-order valence-electron chi connectivity index (χ2n) is 5.07. The van der Waals surface area contributed by atoms with Gasteiger partial charge in [-0.2, -0.15) is 0 Å². The van der Waals surface area contributed by atoms with Crippen LogP contribution in [0.2, 0.25) is 0 Å². The first-order valence-electron chi connectivity index (χ1n) is 7.03. The number of rotatable bonds is 3. The average molecular weight is 320 g/mol. The molecule has 1 unspecified atom stereocenters. The van der Waals surface area contributed by atoms with E-state index in [1.54, 1.807) is 11.0 Å².